The molecule has 1 amide bonds. The van der Waals surface area contributed by atoms with Crippen molar-refractivity contribution in [1.82, 2.24) is 10.6 Å². The van der Waals surface area contributed by atoms with Crippen LogP contribution < -0.4 is 15.4 Å². The number of benzene rings is 1. The maximum Gasteiger partial charge on any atom is 0.338 e. The lowest BCUT2D eigenvalue weighted by molar-refractivity contribution is -0.122. The van der Waals surface area contributed by atoms with Crippen LogP contribution >= 0.6 is 24.0 Å². The molecule has 2 rings (SSSR count). The van der Waals surface area contributed by atoms with Crippen LogP contribution in [0, 0.1) is 6.92 Å². The largest absolute Gasteiger partial charge is 0.507 e. The van der Waals surface area contributed by atoms with E-state index in [1.807, 2.05) is 0 Å². The van der Waals surface area contributed by atoms with Gasteiger partial charge in [0.2, 0.25) is 5.91 Å². The highest BCUT2D eigenvalue weighted by molar-refractivity contribution is 7.98. The number of methoxy groups -OCH3 is 1. The number of phenols is 1. The number of esters is 1. The number of fused-ring (bicyclic) bond motifs is 1. The fraction of sp³-hybridized carbons (Fsp3) is 0.476. The van der Waals surface area contributed by atoms with Gasteiger partial charge < -0.3 is 25.2 Å². The molecule has 0 saturated carbocycles. The van der Waals surface area contributed by atoms with Crippen LogP contribution in [0.1, 0.15) is 40.7 Å². The Morgan fingerprint density at radius 1 is 1.53 bits per heavy atom. The van der Waals surface area contributed by atoms with E-state index in [-0.39, 0.29) is 18.3 Å². The van der Waals surface area contributed by atoms with Crippen molar-refractivity contribution in [3.63, 3.8) is 0 Å². The average molecular weight is 453 g/mol. The molecule has 1 heterocycles. The molecule has 1 atom stereocenters. The number of thioether (sulfide) groups is 1. The summed E-state index contributed by atoms with van der Waals surface area (Å²) in [4.78, 5) is 25.9. The minimum atomic E-state index is -0.526. The summed E-state index contributed by atoms with van der Waals surface area (Å²) in [5.41, 5.74) is 1.39. The number of thiocarbonyl (C=S) groups is 1. The topological polar surface area (TPSA) is 96.9 Å². The second-order valence-corrected chi connectivity index (χ2v) is 8.36. The molecule has 3 N–H and O–H groups in total. The van der Waals surface area contributed by atoms with Crippen molar-refractivity contribution >= 4 is 40.8 Å². The maximum absolute atomic E-state index is 12.8. The van der Waals surface area contributed by atoms with Crippen LogP contribution in [0.5, 0.6) is 11.5 Å². The third-order valence-corrected chi connectivity index (χ3v) is 6.07. The zero-order valence-electron chi connectivity index (χ0n) is 17.3. The second-order valence-electron chi connectivity index (χ2n) is 6.84. The van der Waals surface area contributed by atoms with E-state index in [1.165, 1.54) is 24.9 Å². The first-order chi connectivity index (χ1) is 14.4. The van der Waals surface area contributed by atoms with E-state index in [0.29, 0.717) is 58.3 Å². The van der Waals surface area contributed by atoms with Crippen molar-refractivity contribution in [2.24, 2.45) is 0 Å². The van der Waals surface area contributed by atoms with E-state index in [4.69, 9.17) is 21.7 Å². The molecular formula is C21H28N2O5S2. The molecule has 0 unspecified atom stereocenters. The summed E-state index contributed by atoms with van der Waals surface area (Å²) in [7, 11) is 1.48. The van der Waals surface area contributed by atoms with Crippen molar-refractivity contribution in [3.05, 3.63) is 35.4 Å². The number of carbonyl (C=O) groups is 2. The SMILES string of the molecule is C=CCNC(=O)[C@@H]1CSCc2c(O)cc(OC)c(C)c2C(=O)OCCCCC(=S)N1. The van der Waals surface area contributed by atoms with Gasteiger partial charge in [-0.3, -0.25) is 4.79 Å². The van der Waals surface area contributed by atoms with Gasteiger partial charge in [0.25, 0.3) is 0 Å². The van der Waals surface area contributed by atoms with Crippen LogP contribution in [0.4, 0.5) is 0 Å². The van der Waals surface area contributed by atoms with Gasteiger partial charge >= 0.3 is 5.97 Å². The third-order valence-electron chi connectivity index (χ3n) is 4.68. The van der Waals surface area contributed by atoms with Gasteiger partial charge in [-0.25, -0.2) is 4.79 Å². The van der Waals surface area contributed by atoms with E-state index < -0.39 is 12.0 Å². The molecule has 0 fully saturated rings. The summed E-state index contributed by atoms with van der Waals surface area (Å²) < 4.78 is 10.7. The number of cyclic esters (lactones) is 1. The zero-order valence-corrected chi connectivity index (χ0v) is 18.9. The molecular weight excluding hydrogens is 424 g/mol. The van der Waals surface area contributed by atoms with E-state index in [9.17, 15) is 14.7 Å². The second kappa shape index (κ2) is 11.8. The molecule has 0 aromatic heterocycles. The van der Waals surface area contributed by atoms with Crippen molar-refractivity contribution in [2.45, 2.75) is 38.0 Å². The molecule has 0 saturated heterocycles. The number of carbonyl (C=O) groups excluding carboxylic acids is 2. The lowest BCUT2D eigenvalue weighted by atomic mass is 10.0. The summed E-state index contributed by atoms with van der Waals surface area (Å²) in [6.07, 6.45) is 3.58. The molecule has 1 aromatic rings. The summed E-state index contributed by atoms with van der Waals surface area (Å²) in [5.74, 6) is 0.438. The molecule has 30 heavy (non-hydrogen) atoms. The summed E-state index contributed by atoms with van der Waals surface area (Å²) >= 11 is 6.79. The summed E-state index contributed by atoms with van der Waals surface area (Å²) in [6.45, 7) is 5.98. The highest BCUT2D eigenvalue weighted by atomic mass is 32.2. The summed E-state index contributed by atoms with van der Waals surface area (Å²) in [5, 5.41) is 16.4. The zero-order chi connectivity index (χ0) is 22.1. The fourth-order valence-electron chi connectivity index (χ4n) is 3.08. The van der Waals surface area contributed by atoms with Crippen LogP contribution in [0.3, 0.4) is 0 Å². The Labute approximate surface area is 186 Å². The van der Waals surface area contributed by atoms with E-state index >= 15 is 0 Å². The number of ether oxygens (including phenoxy) is 2. The first-order valence-corrected chi connectivity index (χ1v) is 11.3. The van der Waals surface area contributed by atoms with Crippen LogP contribution in [0.15, 0.2) is 18.7 Å². The number of nitrogens with one attached hydrogen (secondary N) is 2. The Morgan fingerprint density at radius 3 is 3.00 bits per heavy atom. The van der Waals surface area contributed by atoms with Gasteiger partial charge in [0.05, 0.1) is 24.3 Å². The normalized spacial score (nSPS) is 18.3. The van der Waals surface area contributed by atoms with Crippen LogP contribution in [0.25, 0.3) is 0 Å². The Kier molecular flexibility index (Phi) is 9.45. The van der Waals surface area contributed by atoms with Gasteiger partial charge in [0.1, 0.15) is 17.5 Å². The van der Waals surface area contributed by atoms with Crippen molar-refractivity contribution < 1.29 is 24.2 Å². The van der Waals surface area contributed by atoms with Gasteiger partial charge in [-0.2, -0.15) is 11.8 Å². The minimum Gasteiger partial charge on any atom is -0.507 e. The highest BCUT2D eigenvalue weighted by Crippen LogP contribution is 2.35. The molecule has 0 aliphatic carbocycles. The lowest BCUT2D eigenvalue weighted by Gasteiger charge is -2.21. The van der Waals surface area contributed by atoms with E-state index in [0.717, 1.165) is 6.42 Å². The Bertz CT molecular complexity index is 813. The number of hydrogen-bond acceptors (Lipinski definition) is 7. The van der Waals surface area contributed by atoms with Crippen molar-refractivity contribution in [3.8, 4) is 11.5 Å². The Balaban J connectivity index is 2.32. The number of aromatic hydroxyl groups is 1. The highest BCUT2D eigenvalue weighted by Gasteiger charge is 2.25. The molecule has 9 heteroatoms. The fourth-order valence-corrected chi connectivity index (χ4v) is 4.45. The molecule has 0 bridgehead atoms. The minimum absolute atomic E-state index is 0.0415. The standard InChI is InChI=1S/C21H28N2O5S2/c1-4-8-22-20(25)15-12-30-11-14-16(24)10-17(27-3)13(2)19(14)21(26)28-9-6-5-7-18(29)23-15/h4,10,15,24H,1,5-9,11-12H2,2-3H3,(H,22,25)(H,23,29)/t15-/m0/s1. The summed E-state index contributed by atoms with van der Waals surface area (Å²) in [6, 6.07) is 0.967. The van der Waals surface area contributed by atoms with Gasteiger partial charge in [0, 0.05) is 35.2 Å². The smallest absolute Gasteiger partial charge is 0.338 e. The quantitative estimate of drug-likeness (QED) is 0.365. The first-order valence-electron chi connectivity index (χ1n) is 9.71. The predicted octanol–water partition coefficient (Wildman–Crippen LogP) is 2.87. The molecule has 1 aliphatic heterocycles. The van der Waals surface area contributed by atoms with Crippen molar-refractivity contribution in [2.75, 3.05) is 26.0 Å². The Hall–Kier alpha value is -2.26. The molecule has 0 spiro atoms. The van der Waals surface area contributed by atoms with E-state index in [1.54, 1.807) is 13.0 Å². The van der Waals surface area contributed by atoms with Crippen molar-refractivity contribution in [1.29, 1.82) is 0 Å². The molecule has 1 aliphatic rings. The number of hydrogen-bond donors (Lipinski definition) is 3. The number of rotatable bonds is 4. The van der Waals surface area contributed by atoms with Crippen LogP contribution in [0.2, 0.25) is 0 Å². The van der Waals surface area contributed by atoms with Crippen LogP contribution in [-0.4, -0.2) is 54.0 Å². The predicted molar refractivity (Wildman–Crippen MR) is 122 cm³/mol. The lowest BCUT2D eigenvalue weighted by Crippen LogP contribution is -2.47. The van der Waals surface area contributed by atoms with Gasteiger partial charge in [-0.15, -0.1) is 6.58 Å². The Morgan fingerprint density at radius 2 is 2.30 bits per heavy atom. The van der Waals surface area contributed by atoms with Crippen LogP contribution in [-0.2, 0) is 15.3 Å². The molecule has 7 nitrogen and oxygen atoms in total. The first kappa shape index (κ1) is 24.0. The third kappa shape index (κ3) is 6.37. The van der Waals surface area contributed by atoms with Gasteiger partial charge in [-0.1, -0.05) is 18.3 Å². The molecule has 164 valence electrons. The molecule has 0 radical (unpaired) electrons. The molecule has 1 aromatic carbocycles. The van der Waals surface area contributed by atoms with Gasteiger partial charge in [-0.05, 0) is 26.2 Å². The van der Waals surface area contributed by atoms with E-state index in [2.05, 4.69) is 17.2 Å². The number of amides is 1. The monoisotopic (exact) mass is 452 g/mol. The maximum atomic E-state index is 12.8. The number of phenolic OH excluding ortho intramolecular Hbond substituents is 1. The van der Waals surface area contributed by atoms with Gasteiger partial charge in [0.15, 0.2) is 0 Å². The average Bonchev–Trinajstić information content (AvgIpc) is 2.72.